The Morgan fingerprint density at radius 2 is 2.50 bits per heavy atom. The molecule has 0 spiro atoms. The van der Waals surface area contributed by atoms with Gasteiger partial charge in [0.25, 0.3) is 0 Å². The summed E-state index contributed by atoms with van der Waals surface area (Å²) in [6, 6.07) is 5.86. The monoisotopic (exact) mass is 237 g/mol. The van der Waals surface area contributed by atoms with Crippen molar-refractivity contribution in [3.8, 4) is 6.07 Å². The van der Waals surface area contributed by atoms with Crippen molar-refractivity contribution in [2.45, 2.75) is 12.6 Å². The second kappa shape index (κ2) is 5.26. The molecule has 0 aromatic carbocycles. The van der Waals surface area contributed by atoms with Gasteiger partial charge in [0.2, 0.25) is 0 Å². The first-order chi connectivity index (χ1) is 7.78. The molecule has 0 saturated carbocycles. The molecule has 1 atom stereocenters. The first-order valence-electron chi connectivity index (χ1n) is 5.12. The fourth-order valence-electron chi connectivity index (χ4n) is 1.68. The van der Waals surface area contributed by atoms with Crippen LogP contribution in [0.3, 0.4) is 0 Å². The highest BCUT2D eigenvalue weighted by atomic mass is 35.5. The van der Waals surface area contributed by atoms with E-state index in [1.165, 1.54) is 0 Å². The number of nitrogens with zero attached hydrogens (tertiary/aromatic N) is 3. The molecular formula is C11H12ClN3O. The average Bonchev–Trinajstić information content (AvgIpc) is 2.32. The molecule has 1 aromatic heterocycles. The lowest BCUT2D eigenvalue weighted by Gasteiger charge is -2.29. The van der Waals surface area contributed by atoms with Crippen LogP contribution >= 0.6 is 11.6 Å². The van der Waals surface area contributed by atoms with E-state index in [2.05, 4.69) is 16.0 Å². The van der Waals surface area contributed by atoms with Gasteiger partial charge in [-0.3, -0.25) is 4.90 Å². The fourth-order valence-corrected chi connectivity index (χ4v) is 1.79. The molecule has 1 aromatic rings. The molecule has 0 bridgehead atoms. The van der Waals surface area contributed by atoms with Crippen LogP contribution in [0.15, 0.2) is 18.3 Å². The second-order valence-electron chi connectivity index (χ2n) is 3.71. The third-order valence-corrected chi connectivity index (χ3v) is 2.71. The van der Waals surface area contributed by atoms with Crippen molar-refractivity contribution < 1.29 is 4.74 Å². The average molecular weight is 238 g/mol. The van der Waals surface area contributed by atoms with Crippen molar-refractivity contribution in [3.63, 3.8) is 0 Å². The van der Waals surface area contributed by atoms with Crippen LogP contribution in [0.5, 0.6) is 0 Å². The van der Waals surface area contributed by atoms with Crippen LogP contribution in [0.1, 0.15) is 5.56 Å². The smallest absolute Gasteiger partial charge is 0.156 e. The van der Waals surface area contributed by atoms with Crippen LogP contribution in [0.4, 0.5) is 0 Å². The first-order valence-corrected chi connectivity index (χ1v) is 5.50. The van der Waals surface area contributed by atoms with Crippen LogP contribution in [-0.2, 0) is 11.3 Å². The molecule has 1 unspecified atom stereocenters. The normalized spacial score (nSPS) is 21.6. The quantitative estimate of drug-likeness (QED) is 0.731. The third-order valence-electron chi connectivity index (χ3n) is 2.49. The van der Waals surface area contributed by atoms with Crippen molar-refractivity contribution in [3.05, 3.63) is 29.0 Å². The van der Waals surface area contributed by atoms with Gasteiger partial charge < -0.3 is 4.74 Å². The van der Waals surface area contributed by atoms with E-state index < -0.39 is 0 Å². The van der Waals surface area contributed by atoms with Crippen LogP contribution < -0.4 is 0 Å². The predicted molar refractivity (Wildman–Crippen MR) is 59.9 cm³/mol. The minimum atomic E-state index is -0.311. The van der Waals surface area contributed by atoms with Crippen molar-refractivity contribution >= 4 is 11.6 Å². The molecule has 1 saturated heterocycles. The van der Waals surface area contributed by atoms with E-state index in [1.54, 1.807) is 12.3 Å². The topological polar surface area (TPSA) is 49.2 Å². The maximum atomic E-state index is 8.78. The largest absolute Gasteiger partial charge is 0.361 e. The Hall–Kier alpha value is -1.15. The van der Waals surface area contributed by atoms with Gasteiger partial charge >= 0.3 is 0 Å². The molecule has 1 fully saturated rings. The number of hydrogen-bond donors (Lipinski definition) is 0. The Kier molecular flexibility index (Phi) is 3.73. The molecule has 0 N–H and O–H groups in total. The number of morpholine rings is 1. The number of hydrogen-bond acceptors (Lipinski definition) is 4. The van der Waals surface area contributed by atoms with Gasteiger partial charge in [-0.2, -0.15) is 5.26 Å². The SMILES string of the molecule is N#CC1CN(Cc2ccc(Cl)nc2)CCO1. The molecule has 0 radical (unpaired) electrons. The fraction of sp³-hybridized carbons (Fsp3) is 0.455. The molecule has 5 heteroatoms. The zero-order chi connectivity index (χ0) is 11.4. The highest BCUT2D eigenvalue weighted by Gasteiger charge is 2.19. The lowest BCUT2D eigenvalue weighted by molar-refractivity contribution is -0.00272. The predicted octanol–water partition coefficient (Wildman–Crippen LogP) is 1.46. The Bertz CT molecular complexity index is 387. The van der Waals surface area contributed by atoms with Crippen molar-refractivity contribution in [2.75, 3.05) is 19.7 Å². The summed E-state index contributed by atoms with van der Waals surface area (Å²) in [4.78, 5) is 6.21. The standard InChI is InChI=1S/C11H12ClN3O/c12-11-2-1-9(6-14-11)7-15-3-4-16-10(5-13)8-15/h1-2,6,10H,3-4,7-8H2. The molecule has 1 aliphatic heterocycles. The Morgan fingerprint density at radius 3 is 3.19 bits per heavy atom. The maximum absolute atomic E-state index is 8.78. The molecule has 0 aliphatic carbocycles. The minimum absolute atomic E-state index is 0.311. The lowest BCUT2D eigenvalue weighted by Crippen LogP contribution is -2.41. The van der Waals surface area contributed by atoms with Gasteiger partial charge in [-0.25, -0.2) is 4.98 Å². The third kappa shape index (κ3) is 2.92. The van der Waals surface area contributed by atoms with E-state index in [-0.39, 0.29) is 6.10 Å². The molecule has 84 valence electrons. The maximum Gasteiger partial charge on any atom is 0.156 e. The van der Waals surface area contributed by atoms with E-state index in [1.807, 2.05) is 6.07 Å². The van der Waals surface area contributed by atoms with E-state index in [0.717, 1.165) is 18.7 Å². The number of nitriles is 1. The minimum Gasteiger partial charge on any atom is -0.361 e. The van der Waals surface area contributed by atoms with Gasteiger partial charge in [0, 0.05) is 25.8 Å². The Morgan fingerprint density at radius 1 is 1.62 bits per heavy atom. The van der Waals surface area contributed by atoms with Crippen molar-refractivity contribution in [1.82, 2.24) is 9.88 Å². The number of ether oxygens (including phenoxy) is 1. The highest BCUT2D eigenvalue weighted by molar-refractivity contribution is 6.29. The summed E-state index contributed by atoms with van der Waals surface area (Å²) in [7, 11) is 0. The summed E-state index contributed by atoms with van der Waals surface area (Å²) in [5.74, 6) is 0. The van der Waals surface area contributed by atoms with Crippen LogP contribution in [-0.4, -0.2) is 35.7 Å². The molecule has 1 aliphatic rings. The second-order valence-corrected chi connectivity index (χ2v) is 4.10. The van der Waals surface area contributed by atoms with Crippen molar-refractivity contribution in [2.24, 2.45) is 0 Å². The number of aromatic nitrogens is 1. The number of rotatable bonds is 2. The summed E-state index contributed by atoms with van der Waals surface area (Å²) in [5.41, 5.74) is 1.10. The molecule has 16 heavy (non-hydrogen) atoms. The number of halogens is 1. The zero-order valence-electron chi connectivity index (χ0n) is 8.77. The van der Waals surface area contributed by atoms with E-state index >= 15 is 0 Å². The van der Waals surface area contributed by atoms with Gasteiger partial charge in [-0.1, -0.05) is 17.7 Å². The number of pyridine rings is 1. The summed E-state index contributed by atoms with van der Waals surface area (Å²) in [5, 5.41) is 9.28. The van der Waals surface area contributed by atoms with Crippen LogP contribution in [0.25, 0.3) is 0 Å². The molecular weight excluding hydrogens is 226 g/mol. The molecule has 2 heterocycles. The van der Waals surface area contributed by atoms with E-state index in [0.29, 0.717) is 18.3 Å². The summed E-state index contributed by atoms with van der Waals surface area (Å²) >= 11 is 5.71. The summed E-state index contributed by atoms with van der Waals surface area (Å²) < 4.78 is 5.27. The first kappa shape index (κ1) is 11.3. The summed E-state index contributed by atoms with van der Waals surface area (Å²) in [6.45, 7) is 2.89. The Balaban J connectivity index is 1.94. The van der Waals surface area contributed by atoms with Crippen molar-refractivity contribution in [1.29, 1.82) is 5.26 Å². The van der Waals surface area contributed by atoms with E-state index in [9.17, 15) is 0 Å². The van der Waals surface area contributed by atoms with Gasteiger partial charge in [0.05, 0.1) is 12.7 Å². The lowest BCUT2D eigenvalue weighted by atomic mass is 10.2. The molecule has 0 amide bonds. The molecule has 2 rings (SSSR count). The van der Waals surface area contributed by atoms with Crippen LogP contribution in [0, 0.1) is 11.3 Å². The Labute approximate surface area is 99.4 Å². The van der Waals surface area contributed by atoms with Gasteiger partial charge in [-0.05, 0) is 11.6 Å². The molecule has 4 nitrogen and oxygen atoms in total. The highest BCUT2D eigenvalue weighted by Crippen LogP contribution is 2.11. The van der Waals surface area contributed by atoms with E-state index in [4.69, 9.17) is 21.6 Å². The van der Waals surface area contributed by atoms with Gasteiger partial charge in [0.15, 0.2) is 6.10 Å². The van der Waals surface area contributed by atoms with Gasteiger partial charge in [-0.15, -0.1) is 0 Å². The zero-order valence-corrected chi connectivity index (χ0v) is 9.52. The van der Waals surface area contributed by atoms with Crippen LogP contribution in [0.2, 0.25) is 5.15 Å². The summed E-state index contributed by atoms with van der Waals surface area (Å²) in [6.07, 6.45) is 1.45. The van der Waals surface area contributed by atoms with Gasteiger partial charge in [0.1, 0.15) is 5.15 Å².